The summed E-state index contributed by atoms with van der Waals surface area (Å²) in [6.07, 6.45) is 1.47. The quantitative estimate of drug-likeness (QED) is 0.360. The van der Waals surface area contributed by atoms with Crippen LogP contribution in [0.25, 0.3) is 16.6 Å². The van der Waals surface area contributed by atoms with Gasteiger partial charge in [0, 0.05) is 28.8 Å². The molecule has 4 aromatic rings. The molecule has 1 aliphatic carbocycles. The number of carboxylic acid groups (broad SMARTS) is 1. The smallest absolute Gasteiger partial charge is 0.309 e. The second-order valence-electron chi connectivity index (χ2n) is 10.3. The summed E-state index contributed by atoms with van der Waals surface area (Å²) in [4.78, 5) is 12.0. The highest BCUT2D eigenvalue weighted by atomic mass is 19.1. The number of hydrogen-bond acceptors (Lipinski definition) is 3. The van der Waals surface area contributed by atoms with E-state index in [-0.39, 0.29) is 5.82 Å². The number of aryl methyl sites for hydroxylation is 1. The molecule has 6 rings (SSSR count). The Balaban J connectivity index is 1.56. The Morgan fingerprint density at radius 3 is 2.61 bits per heavy atom. The van der Waals surface area contributed by atoms with Crippen LogP contribution < -0.4 is 4.74 Å². The molecule has 1 N–H and O–H groups in total. The molecule has 5 nitrogen and oxygen atoms in total. The molecule has 0 radical (unpaired) electrons. The van der Waals surface area contributed by atoms with Gasteiger partial charge in [0.05, 0.1) is 23.1 Å². The Bertz CT molecular complexity index is 1480. The van der Waals surface area contributed by atoms with Crippen molar-refractivity contribution in [2.45, 2.75) is 45.3 Å². The third-order valence-corrected chi connectivity index (χ3v) is 7.73. The maximum atomic E-state index is 14.2. The van der Waals surface area contributed by atoms with Gasteiger partial charge >= 0.3 is 5.97 Å². The van der Waals surface area contributed by atoms with Crippen LogP contribution in [0.3, 0.4) is 0 Å². The zero-order valence-corrected chi connectivity index (χ0v) is 20.4. The molecule has 0 amide bonds. The van der Waals surface area contributed by atoms with Crippen molar-refractivity contribution in [3.05, 3.63) is 94.9 Å². The topological polar surface area (TPSA) is 60.7 Å². The van der Waals surface area contributed by atoms with Crippen molar-refractivity contribution in [3.8, 4) is 11.4 Å². The Labute approximate surface area is 209 Å². The highest BCUT2D eigenvalue weighted by Gasteiger charge is 2.61. The van der Waals surface area contributed by atoms with Gasteiger partial charge in [-0.15, -0.1) is 0 Å². The molecule has 2 aliphatic rings. The van der Waals surface area contributed by atoms with E-state index in [1.165, 1.54) is 6.07 Å². The van der Waals surface area contributed by atoms with Crippen molar-refractivity contribution in [2.75, 3.05) is 6.61 Å². The molecule has 36 heavy (non-hydrogen) atoms. The van der Waals surface area contributed by atoms with Crippen LogP contribution in [0.1, 0.15) is 42.1 Å². The van der Waals surface area contributed by atoms with Gasteiger partial charge in [0.25, 0.3) is 0 Å². The van der Waals surface area contributed by atoms with E-state index >= 15 is 0 Å². The molecular weight excluding hydrogens is 457 g/mol. The number of carboxylic acids is 1. The Hall–Kier alpha value is -3.64. The number of aliphatic carboxylic acids is 1. The van der Waals surface area contributed by atoms with Gasteiger partial charge in [-0.3, -0.25) is 4.79 Å². The first kappa shape index (κ1) is 22.8. The van der Waals surface area contributed by atoms with Gasteiger partial charge in [-0.05, 0) is 68.1 Å². The Morgan fingerprint density at radius 1 is 1.11 bits per heavy atom. The maximum Gasteiger partial charge on any atom is 0.309 e. The van der Waals surface area contributed by atoms with Crippen LogP contribution in [-0.2, 0) is 28.2 Å². The second kappa shape index (κ2) is 8.20. The molecular formula is C30H28FNO4. The van der Waals surface area contributed by atoms with Gasteiger partial charge in [0.15, 0.2) is 0 Å². The minimum atomic E-state index is -0.838. The van der Waals surface area contributed by atoms with Crippen LogP contribution in [-0.4, -0.2) is 22.2 Å². The summed E-state index contributed by atoms with van der Waals surface area (Å²) in [7, 11) is 0. The molecule has 1 aromatic heterocycles. The van der Waals surface area contributed by atoms with Gasteiger partial charge in [-0.2, -0.15) is 0 Å². The molecule has 3 aromatic carbocycles. The average Bonchev–Trinajstić information content (AvgIpc) is 3.20. The van der Waals surface area contributed by atoms with Crippen LogP contribution in [0, 0.1) is 18.2 Å². The standard InChI is InChI=1S/C30H28FNO4/c1-19-15-21(11-12-22(19)31)32-23-9-6-10-25(35-16-20-7-4-3-5-8-20)26(23)27-24(32)13-14-36-30(27)17-29(2,18-30)28(33)34/h3-12,15H,13-14,16-18H2,1-2H3,(H,33,34)/t29-,30+. The predicted octanol–water partition coefficient (Wildman–Crippen LogP) is 6.31. The lowest BCUT2D eigenvalue weighted by Gasteiger charge is -2.53. The number of fused-ring (bicyclic) bond motifs is 4. The maximum absolute atomic E-state index is 14.2. The fourth-order valence-electron chi connectivity index (χ4n) is 6.06. The fourth-order valence-corrected chi connectivity index (χ4v) is 6.06. The van der Waals surface area contributed by atoms with E-state index in [0.29, 0.717) is 38.0 Å². The SMILES string of the molecule is Cc1cc(-n2c3c(c4c(OCc5ccccc5)cccc42)[C@]2(C[C@](C)(C(=O)O)C2)OCC3)ccc1F. The number of nitrogens with zero attached hydrogens (tertiary/aromatic N) is 1. The van der Waals surface area contributed by atoms with Crippen LogP contribution in [0.15, 0.2) is 66.7 Å². The minimum absolute atomic E-state index is 0.244. The van der Waals surface area contributed by atoms with Crippen LogP contribution in [0.5, 0.6) is 5.75 Å². The summed E-state index contributed by atoms with van der Waals surface area (Å²) in [6.45, 7) is 4.46. The van der Waals surface area contributed by atoms with Gasteiger partial charge in [0.2, 0.25) is 0 Å². The lowest BCUT2D eigenvalue weighted by molar-refractivity contribution is -0.198. The van der Waals surface area contributed by atoms with Crippen molar-refractivity contribution in [3.63, 3.8) is 0 Å². The number of hydrogen-bond donors (Lipinski definition) is 1. The van der Waals surface area contributed by atoms with E-state index in [0.717, 1.165) is 39.2 Å². The van der Waals surface area contributed by atoms with E-state index in [1.54, 1.807) is 19.9 Å². The summed E-state index contributed by atoms with van der Waals surface area (Å²) in [5.74, 6) is -0.312. The van der Waals surface area contributed by atoms with E-state index in [4.69, 9.17) is 9.47 Å². The third-order valence-electron chi connectivity index (χ3n) is 7.73. The van der Waals surface area contributed by atoms with Gasteiger partial charge in [-0.25, -0.2) is 4.39 Å². The zero-order valence-electron chi connectivity index (χ0n) is 20.4. The van der Waals surface area contributed by atoms with Crippen LogP contribution >= 0.6 is 0 Å². The van der Waals surface area contributed by atoms with Crippen LogP contribution in [0.4, 0.5) is 4.39 Å². The molecule has 6 heteroatoms. The predicted molar refractivity (Wildman–Crippen MR) is 135 cm³/mol. The lowest BCUT2D eigenvalue weighted by atomic mass is 9.56. The highest BCUT2D eigenvalue weighted by Crippen LogP contribution is 2.61. The third kappa shape index (κ3) is 3.43. The fraction of sp³-hybridized carbons (Fsp3) is 0.300. The monoisotopic (exact) mass is 485 g/mol. The van der Waals surface area contributed by atoms with Crippen molar-refractivity contribution < 1.29 is 23.8 Å². The van der Waals surface area contributed by atoms with Gasteiger partial charge in [0.1, 0.15) is 18.2 Å². The molecule has 1 fully saturated rings. The molecule has 0 atom stereocenters. The summed E-state index contributed by atoms with van der Waals surface area (Å²) in [5, 5.41) is 10.8. The molecule has 0 unspecified atom stereocenters. The van der Waals surface area contributed by atoms with E-state index < -0.39 is 17.0 Å². The normalized spacial score (nSPS) is 22.9. The Morgan fingerprint density at radius 2 is 1.89 bits per heavy atom. The molecule has 184 valence electrons. The summed E-state index contributed by atoms with van der Waals surface area (Å²) in [6, 6.07) is 21.1. The van der Waals surface area contributed by atoms with E-state index in [2.05, 4.69) is 4.57 Å². The van der Waals surface area contributed by atoms with Gasteiger partial charge in [-0.1, -0.05) is 36.4 Å². The first-order valence-corrected chi connectivity index (χ1v) is 12.3. The first-order chi connectivity index (χ1) is 17.3. The van der Waals surface area contributed by atoms with E-state index in [1.807, 2.05) is 54.6 Å². The number of carbonyl (C=O) groups is 1. The zero-order chi connectivity index (χ0) is 25.1. The number of rotatable bonds is 5. The summed E-state index contributed by atoms with van der Waals surface area (Å²) < 4.78 is 29.1. The number of benzene rings is 3. The average molecular weight is 486 g/mol. The minimum Gasteiger partial charge on any atom is -0.488 e. The summed E-state index contributed by atoms with van der Waals surface area (Å²) >= 11 is 0. The largest absolute Gasteiger partial charge is 0.488 e. The van der Waals surface area contributed by atoms with Crippen molar-refractivity contribution >= 4 is 16.9 Å². The van der Waals surface area contributed by atoms with Crippen LogP contribution in [0.2, 0.25) is 0 Å². The van der Waals surface area contributed by atoms with Gasteiger partial charge < -0.3 is 19.1 Å². The summed E-state index contributed by atoms with van der Waals surface area (Å²) in [5.41, 5.74) is 4.01. The first-order valence-electron chi connectivity index (χ1n) is 12.3. The second-order valence-corrected chi connectivity index (χ2v) is 10.3. The molecule has 0 bridgehead atoms. The number of aromatic nitrogens is 1. The highest BCUT2D eigenvalue weighted by molar-refractivity contribution is 5.94. The number of halogens is 1. The molecule has 1 spiro atoms. The number of ether oxygens (including phenoxy) is 2. The molecule has 1 saturated carbocycles. The lowest BCUT2D eigenvalue weighted by Crippen LogP contribution is -2.55. The molecule has 0 saturated heterocycles. The van der Waals surface area contributed by atoms with Crippen molar-refractivity contribution in [2.24, 2.45) is 5.41 Å². The Kier molecular flexibility index (Phi) is 5.20. The van der Waals surface area contributed by atoms with E-state index in [9.17, 15) is 14.3 Å². The van der Waals surface area contributed by atoms with Crippen molar-refractivity contribution in [1.82, 2.24) is 4.57 Å². The molecule has 1 aliphatic heterocycles. The van der Waals surface area contributed by atoms with Crippen molar-refractivity contribution in [1.29, 1.82) is 0 Å². The molecule has 2 heterocycles.